The molecule has 4 unspecified atom stereocenters. The van der Waals surface area contributed by atoms with Crippen molar-refractivity contribution in [1.82, 2.24) is 14.7 Å². The zero-order chi connectivity index (χ0) is 27.6. The third kappa shape index (κ3) is 4.96. The van der Waals surface area contributed by atoms with Gasteiger partial charge in [0.15, 0.2) is 5.06 Å². The molecule has 3 saturated heterocycles. The molecule has 214 valence electrons. The largest absolute Gasteiger partial charge is 0.416 e. The van der Waals surface area contributed by atoms with Gasteiger partial charge in [-0.05, 0) is 83.1 Å². The fourth-order valence-corrected chi connectivity index (χ4v) is 8.30. The maximum absolute atomic E-state index is 13.5. The van der Waals surface area contributed by atoms with Crippen LogP contribution in [0.1, 0.15) is 49.5 Å². The molecule has 8 heteroatoms. The molecule has 7 rings (SSSR count). The highest BCUT2D eigenvalue weighted by molar-refractivity contribution is 7.11. The SMILES string of the molecule is CC(C)(C)c1ccc(C(=O)N2CC3C(C2)C3CN(C(=O)Oc2cccs2)C2C3CN(C4CCOCC4)CC32)cc1. The van der Waals surface area contributed by atoms with E-state index >= 15 is 0 Å². The lowest BCUT2D eigenvalue weighted by atomic mass is 9.86. The van der Waals surface area contributed by atoms with Crippen LogP contribution in [-0.4, -0.2) is 84.7 Å². The highest BCUT2D eigenvalue weighted by Gasteiger charge is 2.63. The zero-order valence-corrected chi connectivity index (χ0v) is 24.6. The molecule has 40 heavy (non-hydrogen) atoms. The second kappa shape index (κ2) is 10.1. The molecule has 5 aliphatic rings. The lowest BCUT2D eigenvalue weighted by Gasteiger charge is -2.34. The quantitative estimate of drug-likeness (QED) is 0.497. The summed E-state index contributed by atoms with van der Waals surface area (Å²) in [4.78, 5) is 33.4. The van der Waals surface area contributed by atoms with Crippen LogP contribution in [0, 0.1) is 29.6 Å². The van der Waals surface area contributed by atoms with Gasteiger partial charge in [-0.25, -0.2) is 4.79 Å². The van der Waals surface area contributed by atoms with Gasteiger partial charge in [0, 0.05) is 63.6 Å². The Bertz CT molecular complexity index is 1210. The van der Waals surface area contributed by atoms with Gasteiger partial charge >= 0.3 is 6.09 Å². The van der Waals surface area contributed by atoms with Gasteiger partial charge in [0.25, 0.3) is 5.91 Å². The summed E-state index contributed by atoms with van der Waals surface area (Å²) in [5, 5.41) is 2.60. The predicted octanol–water partition coefficient (Wildman–Crippen LogP) is 4.97. The summed E-state index contributed by atoms with van der Waals surface area (Å²) in [5.74, 6) is 2.64. The van der Waals surface area contributed by atoms with E-state index in [1.807, 2.05) is 34.5 Å². The number of likely N-dealkylation sites (tertiary alicyclic amines) is 2. The van der Waals surface area contributed by atoms with Gasteiger partial charge in [-0.3, -0.25) is 9.69 Å². The van der Waals surface area contributed by atoms with Crippen molar-refractivity contribution in [2.75, 3.05) is 45.9 Å². The number of amides is 2. The summed E-state index contributed by atoms with van der Waals surface area (Å²) in [6.45, 7) is 12.8. The Labute approximate surface area is 241 Å². The van der Waals surface area contributed by atoms with E-state index in [-0.39, 0.29) is 23.5 Å². The van der Waals surface area contributed by atoms with E-state index in [9.17, 15) is 9.59 Å². The van der Waals surface area contributed by atoms with E-state index in [4.69, 9.17) is 9.47 Å². The minimum atomic E-state index is -0.198. The fourth-order valence-electron chi connectivity index (χ4n) is 7.73. The molecule has 3 aliphatic heterocycles. The number of fused-ring (bicyclic) bond motifs is 2. The highest BCUT2D eigenvalue weighted by Crippen LogP contribution is 2.55. The first-order valence-corrected chi connectivity index (χ1v) is 15.9. The maximum Gasteiger partial charge on any atom is 0.416 e. The first-order valence-electron chi connectivity index (χ1n) is 15.0. The van der Waals surface area contributed by atoms with Crippen LogP contribution in [0.3, 0.4) is 0 Å². The van der Waals surface area contributed by atoms with Crippen molar-refractivity contribution in [3.63, 3.8) is 0 Å². The van der Waals surface area contributed by atoms with Crippen LogP contribution in [-0.2, 0) is 10.2 Å². The van der Waals surface area contributed by atoms with Gasteiger partial charge in [-0.1, -0.05) is 32.9 Å². The number of ether oxygens (including phenoxy) is 2. The molecule has 4 atom stereocenters. The number of nitrogens with zero attached hydrogens (tertiary/aromatic N) is 3. The minimum Gasteiger partial charge on any atom is -0.399 e. The molecule has 2 aromatic rings. The molecule has 2 amide bonds. The summed E-state index contributed by atoms with van der Waals surface area (Å²) in [7, 11) is 0. The van der Waals surface area contributed by atoms with Crippen molar-refractivity contribution >= 4 is 23.3 Å². The van der Waals surface area contributed by atoms with Crippen LogP contribution in [0.25, 0.3) is 0 Å². The van der Waals surface area contributed by atoms with Crippen LogP contribution < -0.4 is 4.74 Å². The Balaban J connectivity index is 0.974. The van der Waals surface area contributed by atoms with Crippen LogP contribution in [0.4, 0.5) is 4.79 Å². The van der Waals surface area contributed by atoms with Crippen LogP contribution >= 0.6 is 11.3 Å². The van der Waals surface area contributed by atoms with E-state index in [0.717, 1.165) is 64.3 Å². The number of thiophene rings is 1. The molecule has 0 bridgehead atoms. The Morgan fingerprint density at radius 2 is 1.65 bits per heavy atom. The Morgan fingerprint density at radius 1 is 0.975 bits per heavy atom. The molecular weight excluding hydrogens is 522 g/mol. The molecule has 7 nitrogen and oxygen atoms in total. The van der Waals surface area contributed by atoms with E-state index in [1.54, 1.807) is 0 Å². The van der Waals surface area contributed by atoms with Gasteiger partial charge in [-0.2, -0.15) is 0 Å². The van der Waals surface area contributed by atoms with Gasteiger partial charge in [0.05, 0.1) is 0 Å². The number of benzene rings is 1. The van der Waals surface area contributed by atoms with Gasteiger partial charge in [0.2, 0.25) is 0 Å². The number of hydrogen-bond donors (Lipinski definition) is 0. The lowest BCUT2D eigenvalue weighted by Crippen LogP contribution is -2.45. The minimum absolute atomic E-state index is 0.0732. The maximum atomic E-state index is 13.5. The number of rotatable bonds is 6. The van der Waals surface area contributed by atoms with E-state index < -0.39 is 0 Å². The Hall–Kier alpha value is -2.42. The molecule has 0 radical (unpaired) electrons. The number of piperidine rings is 2. The second-order valence-electron chi connectivity index (χ2n) is 13.6. The van der Waals surface area contributed by atoms with Crippen molar-refractivity contribution in [3.05, 3.63) is 52.9 Å². The van der Waals surface area contributed by atoms with Crippen molar-refractivity contribution in [3.8, 4) is 5.06 Å². The third-order valence-electron chi connectivity index (χ3n) is 10.2. The molecule has 4 heterocycles. The average molecular weight is 564 g/mol. The van der Waals surface area contributed by atoms with E-state index in [0.29, 0.717) is 40.7 Å². The second-order valence-corrected chi connectivity index (χ2v) is 14.5. The molecule has 0 N–H and O–H groups in total. The van der Waals surface area contributed by atoms with Crippen molar-refractivity contribution < 1.29 is 19.1 Å². The molecular formula is C32H41N3O4S. The standard InChI is InChI=1S/C32H41N3O4S/c1-32(2,3)21-8-6-20(7-9-21)30(36)34-15-23-24(16-34)25(23)19-35(31(37)39-28-5-4-14-40-28)29-26-17-33(18-27(26)29)22-10-12-38-13-11-22/h4-9,14,22-27,29H,10-13,15-19H2,1-3H3. The van der Waals surface area contributed by atoms with Gasteiger partial charge in [-0.15, -0.1) is 11.3 Å². The Morgan fingerprint density at radius 3 is 2.25 bits per heavy atom. The van der Waals surface area contributed by atoms with Crippen molar-refractivity contribution in [2.24, 2.45) is 29.6 Å². The molecule has 2 aliphatic carbocycles. The molecule has 1 aromatic carbocycles. The fraction of sp³-hybridized carbons (Fsp3) is 0.625. The van der Waals surface area contributed by atoms with E-state index in [1.165, 1.54) is 16.9 Å². The summed E-state index contributed by atoms with van der Waals surface area (Å²) in [5.41, 5.74) is 2.08. The first kappa shape index (κ1) is 26.5. The first-order chi connectivity index (χ1) is 19.3. The normalized spacial score (nSPS) is 31.5. The third-order valence-corrected chi connectivity index (χ3v) is 11.0. The highest BCUT2D eigenvalue weighted by atomic mass is 32.1. The van der Waals surface area contributed by atoms with Crippen LogP contribution in [0.15, 0.2) is 41.8 Å². The monoisotopic (exact) mass is 563 g/mol. The van der Waals surface area contributed by atoms with E-state index in [2.05, 4.69) is 42.7 Å². The summed E-state index contributed by atoms with van der Waals surface area (Å²) in [6.07, 6.45) is 2.04. The number of hydrogen-bond acceptors (Lipinski definition) is 6. The summed E-state index contributed by atoms with van der Waals surface area (Å²) >= 11 is 1.46. The lowest BCUT2D eigenvalue weighted by molar-refractivity contribution is 0.0350. The molecule has 1 aromatic heterocycles. The van der Waals surface area contributed by atoms with Crippen LogP contribution in [0.2, 0.25) is 0 Å². The predicted molar refractivity (Wildman–Crippen MR) is 155 cm³/mol. The summed E-state index contributed by atoms with van der Waals surface area (Å²) < 4.78 is 11.4. The van der Waals surface area contributed by atoms with Crippen molar-refractivity contribution in [2.45, 2.75) is 51.1 Å². The van der Waals surface area contributed by atoms with Crippen molar-refractivity contribution in [1.29, 1.82) is 0 Å². The summed E-state index contributed by atoms with van der Waals surface area (Å²) in [6, 6.07) is 12.8. The van der Waals surface area contributed by atoms with Crippen LogP contribution in [0.5, 0.6) is 5.06 Å². The van der Waals surface area contributed by atoms with Gasteiger partial charge in [0.1, 0.15) is 0 Å². The smallest absolute Gasteiger partial charge is 0.399 e. The average Bonchev–Trinajstić information content (AvgIpc) is 3.45. The van der Waals surface area contributed by atoms with Gasteiger partial charge < -0.3 is 19.3 Å². The Kier molecular flexibility index (Phi) is 6.71. The number of carbonyl (C=O) groups is 2. The topological polar surface area (TPSA) is 62.3 Å². The molecule has 0 spiro atoms. The molecule has 2 saturated carbocycles. The number of carbonyl (C=O) groups excluding carboxylic acids is 2. The molecule has 5 fully saturated rings. The zero-order valence-electron chi connectivity index (χ0n) is 23.8.